The van der Waals surface area contributed by atoms with Crippen molar-refractivity contribution < 1.29 is 14.3 Å². The summed E-state index contributed by atoms with van der Waals surface area (Å²) < 4.78 is 5.79. The van der Waals surface area contributed by atoms with Gasteiger partial charge in [0.2, 0.25) is 0 Å². The molecule has 2 amide bonds. The minimum Gasteiger partial charge on any atom is -0.493 e. The Labute approximate surface area is 194 Å². The summed E-state index contributed by atoms with van der Waals surface area (Å²) in [4.78, 5) is 30.5. The lowest BCUT2D eigenvalue weighted by Gasteiger charge is -2.32. The van der Waals surface area contributed by atoms with Crippen LogP contribution in [0.2, 0.25) is 5.02 Å². The summed E-state index contributed by atoms with van der Waals surface area (Å²) in [6, 6.07) is 14.4. The second-order valence-electron chi connectivity index (χ2n) is 9.02. The molecule has 1 saturated heterocycles. The van der Waals surface area contributed by atoms with Crippen molar-refractivity contribution in [1.82, 2.24) is 4.90 Å². The van der Waals surface area contributed by atoms with Gasteiger partial charge in [-0.3, -0.25) is 9.59 Å². The molecule has 2 heterocycles. The molecule has 5 nitrogen and oxygen atoms in total. The third kappa shape index (κ3) is 4.40. The molecule has 1 fully saturated rings. The summed E-state index contributed by atoms with van der Waals surface area (Å²) in [5.41, 5.74) is 2.03. The Morgan fingerprint density at radius 2 is 1.66 bits per heavy atom. The van der Waals surface area contributed by atoms with Crippen LogP contribution in [0.1, 0.15) is 39.2 Å². The van der Waals surface area contributed by atoms with Crippen LogP contribution < -0.4 is 9.64 Å². The second-order valence-corrected chi connectivity index (χ2v) is 9.43. The number of imide groups is 1. The van der Waals surface area contributed by atoms with E-state index < -0.39 is 0 Å². The molecule has 0 unspecified atom stereocenters. The molecular weight excluding hydrogens is 424 g/mol. The van der Waals surface area contributed by atoms with Crippen LogP contribution in [0.5, 0.6) is 5.75 Å². The van der Waals surface area contributed by atoms with Gasteiger partial charge < -0.3 is 9.64 Å². The highest BCUT2D eigenvalue weighted by molar-refractivity contribution is 6.47. The monoisotopic (exact) mass is 452 g/mol. The number of ether oxygens (including phenoxy) is 1. The third-order valence-corrected chi connectivity index (χ3v) is 6.30. The molecule has 0 aliphatic carbocycles. The summed E-state index contributed by atoms with van der Waals surface area (Å²) >= 11 is 6.37. The van der Waals surface area contributed by atoms with Gasteiger partial charge in [0.25, 0.3) is 11.8 Å². The molecule has 2 aliphatic rings. The van der Waals surface area contributed by atoms with E-state index in [1.807, 2.05) is 24.3 Å². The van der Waals surface area contributed by atoms with Gasteiger partial charge >= 0.3 is 0 Å². The van der Waals surface area contributed by atoms with E-state index in [2.05, 4.69) is 25.7 Å². The predicted molar refractivity (Wildman–Crippen MR) is 128 cm³/mol. The number of carbonyl (C=O) groups excluding carboxylic acids is 2. The summed E-state index contributed by atoms with van der Waals surface area (Å²) in [6.07, 6.45) is 1.98. The van der Waals surface area contributed by atoms with E-state index in [1.54, 1.807) is 24.3 Å². The first kappa shape index (κ1) is 22.4. The minimum absolute atomic E-state index is 0.312. The summed E-state index contributed by atoms with van der Waals surface area (Å²) in [5, 5.41) is 0.375. The Morgan fingerprint density at radius 1 is 1.00 bits per heavy atom. The fraction of sp³-hybridized carbons (Fsp3) is 0.385. The highest BCUT2D eigenvalue weighted by Gasteiger charge is 2.43. The van der Waals surface area contributed by atoms with Crippen LogP contribution in [-0.2, 0) is 9.59 Å². The number of rotatable bonds is 6. The Morgan fingerprint density at radius 3 is 2.28 bits per heavy atom. The average Bonchev–Trinajstić information content (AvgIpc) is 3.04. The van der Waals surface area contributed by atoms with E-state index >= 15 is 0 Å². The molecule has 0 bridgehead atoms. The molecule has 0 saturated carbocycles. The van der Waals surface area contributed by atoms with Gasteiger partial charge in [0, 0.05) is 13.1 Å². The van der Waals surface area contributed by atoms with Gasteiger partial charge in [0.05, 0.1) is 22.9 Å². The molecule has 2 aromatic carbocycles. The molecule has 2 aliphatic heterocycles. The Balaban J connectivity index is 1.73. The molecule has 4 rings (SSSR count). The van der Waals surface area contributed by atoms with Gasteiger partial charge in [-0.1, -0.05) is 56.6 Å². The second kappa shape index (κ2) is 9.37. The maximum Gasteiger partial charge on any atom is 0.282 e. The molecule has 0 N–H and O–H groups in total. The van der Waals surface area contributed by atoms with Crippen LogP contribution in [-0.4, -0.2) is 36.4 Å². The first-order valence-corrected chi connectivity index (χ1v) is 11.6. The number of likely N-dealkylation sites (tertiary alicyclic amines) is 1. The molecule has 0 spiro atoms. The average molecular weight is 453 g/mol. The topological polar surface area (TPSA) is 49.9 Å². The zero-order valence-electron chi connectivity index (χ0n) is 18.8. The van der Waals surface area contributed by atoms with Gasteiger partial charge in [-0.15, -0.1) is 0 Å². The van der Waals surface area contributed by atoms with E-state index in [4.69, 9.17) is 16.3 Å². The summed E-state index contributed by atoms with van der Waals surface area (Å²) in [6.45, 7) is 8.54. The number of piperidine rings is 1. The van der Waals surface area contributed by atoms with Crippen molar-refractivity contribution in [2.75, 3.05) is 24.6 Å². The fourth-order valence-electron chi connectivity index (χ4n) is 4.14. The van der Waals surface area contributed by atoms with E-state index in [-0.39, 0.29) is 11.8 Å². The van der Waals surface area contributed by atoms with Crippen molar-refractivity contribution in [2.24, 2.45) is 11.8 Å². The van der Waals surface area contributed by atoms with Crippen molar-refractivity contribution in [1.29, 1.82) is 0 Å². The molecule has 32 heavy (non-hydrogen) atoms. The van der Waals surface area contributed by atoms with Crippen molar-refractivity contribution in [3.63, 3.8) is 0 Å². The van der Waals surface area contributed by atoms with Gasteiger partial charge in [-0.05, 0) is 54.5 Å². The van der Waals surface area contributed by atoms with Crippen molar-refractivity contribution in [2.45, 2.75) is 33.6 Å². The highest BCUT2D eigenvalue weighted by Crippen LogP contribution is 2.38. The summed E-state index contributed by atoms with van der Waals surface area (Å²) in [7, 11) is 0. The van der Waals surface area contributed by atoms with Crippen molar-refractivity contribution in [3.8, 4) is 5.75 Å². The van der Waals surface area contributed by atoms with Crippen LogP contribution in [0.3, 0.4) is 0 Å². The van der Waals surface area contributed by atoms with E-state index in [9.17, 15) is 9.59 Å². The zero-order valence-corrected chi connectivity index (χ0v) is 19.6. The molecule has 0 atom stereocenters. The largest absolute Gasteiger partial charge is 0.493 e. The Kier molecular flexibility index (Phi) is 6.56. The number of benzene rings is 2. The number of carbonyl (C=O) groups is 2. The Bertz CT molecular complexity index is 1040. The molecule has 6 heteroatoms. The molecule has 2 aromatic rings. The first-order valence-electron chi connectivity index (χ1n) is 11.2. The van der Waals surface area contributed by atoms with Gasteiger partial charge in [0.1, 0.15) is 11.4 Å². The first-order chi connectivity index (χ1) is 15.4. The quantitative estimate of drug-likeness (QED) is 0.551. The number of hydrogen-bond acceptors (Lipinski definition) is 4. The van der Waals surface area contributed by atoms with Gasteiger partial charge in [-0.25, -0.2) is 4.90 Å². The van der Waals surface area contributed by atoms with Gasteiger partial charge in [-0.2, -0.15) is 0 Å². The van der Waals surface area contributed by atoms with Crippen molar-refractivity contribution >= 4 is 34.7 Å². The number of para-hydroxylation sites is 1. The fourth-order valence-corrected chi connectivity index (χ4v) is 4.36. The number of nitrogens with zero attached hydrogens (tertiary/aromatic N) is 2. The maximum atomic E-state index is 13.6. The number of hydrogen-bond donors (Lipinski definition) is 0. The molecule has 168 valence electrons. The third-order valence-electron chi connectivity index (χ3n) is 5.98. The Hall–Kier alpha value is -2.79. The smallest absolute Gasteiger partial charge is 0.282 e. The lowest BCUT2D eigenvalue weighted by molar-refractivity contribution is -0.120. The highest BCUT2D eigenvalue weighted by atomic mass is 35.5. The maximum absolute atomic E-state index is 13.6. The van der Waals surface area contributed by atoms with E-state index in [1.165, 1.54) is 4.90 Å². The number of amides is 2. The molecular formula is C26H29ClN2O3. The molecule has 0 radical (unpaired) electrons. The predicted octanol–water partition coefficient (Wildman–Crippen LogP) is 5.39. The number of anilines is 1. The van der Waals surface area contributed by atoms with Crippen LogP contribution in [0.15, 0.2) is 54.2 Å². The van der Waals surface area contributed by atoms with Crippen molar-refractivity contribution in [3.05, 3.63) is 64.8 Å². The van der Waals surface area contributed by atoms with Crippen LogP contribution in [0.4, 0.5) is 5.69 Å². The zero-order chi connectivity index (χ0) is 22.8. The SMILES string of the molecule is CC(C)COc1ccc(C2=C(N3CCC(C)CC3)C(=O)N(c3ccccc3Cl)C2=O)cc1. The molecule has 0 aromatic heterocycles. The lowest BCUT2D eigenvalue weighted by Crippen LogP contribution is -2.38. The van der Waals surface area contributed by atoms with E-state index in [0.717, 1.165) is 31.7 Å². The van der Waals surface area contributed by atoms with Gasteiger partial charge in [0.15, 0.2) is 0 Å². The minimum atomic E-state index is -0.340. The number of halogens is 1. The normalized spacial score (nSPS) is 17.7. The van der Waals surface area contributed by atoms with Crippen LogP contribution in [0.25, 0.3) is 5.57 Å². The standard InChI is InChI=1S/C26H29ClN2O3/c1-17(2)16-32-20-10-8-19(9-11-20)23-24(28-14-12-18(3)13-15-28)26(31)29(25(23)30)22-7-5-4-6-21(22)27/h4-11,17-18H,12-16H2,1-3H3. The van der Waals surface area contributed by atoms with Crippen LogP contribution >= 0.6 is 11.6 Å². The van der Waals surface area contributed by atoms with E-state index in [0.29, 0.717) is 46.0 Å². The lowest BCUT2D eigenvalue weighted by atomic mass is 9.97. The van der Waals surface area contributed by atoms with Crippen LogP contribution in [0, 0.1) is 11.8 Å². The summed E-state index contributed by atoms with van der Waals surface area (Å²) in [5.74, 6) is 1.12.